The fourth-order valence-corrected chi connectivity index (χ4v) is 3.16. The Morgan fingerprint density at radius 2 is 1.78 bits per heavy atom. The molecule has 1 aliphatic carbocycles. The molecule has 0 saturated heterocycles. The minimum Gasteiger partial charge on any atom is -0.490 e. The highest BCUT2D eigenvalue weighted by atomic mass is 79.9. The number of hydrogen-bond donors (Lipinski definition) is 0. The Hall–Kier alpha value is -0.500. The van der Waals surface area contributed by atoms with Gasteiger partial charge in [-0.05, 0) is 55.2 Å². The van der Waals surface area contributed by atoms with Gasteiger partial charge >= 0.3 is 0 Å². The predicted octanol–water partition coefficient (Wildman–Crippen LogP) is 5.43. The van der Waals surface area contributed by atoms with Gasteiger partial charge < -0.3 is 4.74 Å². The van der Waals surface area contributed by atoms with Crippen LogP contribution in [0, 0.1) is 11.3 Å². The molecule has 1 nitrogen and oxygen atoms in total. The zero-order valence-corrected chi connectivity index (χ0v) is 13.2. The average Bonchev–Trinajstić information content (AvgIpc) is 2.28. The van der Waals surface area contributed by atoms with Crippen LogP contribution in [0.25, 0.3) is 0 Å². The standard InChI is InChI=1S/C16H23BrO/c1-16(2,3)12-7-9-14(10-8-12)18-15-6-4-5-13(17)11-15/h4-6,11-12,14H,7-10H2,1-3H3/t12-,14-. The third-order valence-electron chi connectivity index (χ3n) is 4.00. The van der Waals surface area contributed by atoms with Gasteiger partial charge in [-0.1, -0.05) is 42.8 Å². The molecule has 0 unspecified atom stereocenters. The van der Waals surface area contributed by atoms with E-state index in [1.807, 2.05) is 18.2 Å². The quantitative estimate of drug-likeness (QED) is 0.707. The molecule has 2 heteroatoms. The summed E-state index contributed by atoms with van der Waals surface area (Å²) in [5.74, 6) is 1.84. The third-order valence-corrected chi connectivity index (χ3v) is 4.49. The average molecular weight is 311 g/mol. The van der Waals surface area contributed by atoms with Crippen molar-refractivity contribution in [2.45, 2.75) is 52.6 Å². The van der Waals surface area contributed by atoms with E-state index in [1.165, 1.54) is 25.7 Å². The molecule has 0 heterocycles. The summed E-state index contributed by atoms with van der Waals surface area (Å²) in [7, 11) is 0. The second-order valence-electron chi connectivity index (χ2n) is 6.41. The van der Waals surface area contributed by atoms with E-state index < -0.39 is 0 Å². The normalized spacial score (nSPS) is 24.9. The summed E-state index contributed by atoms with van der Waals surface area (Å²) in [5.41, 5.74) is 0.445. The van der Waals surface area contributed by atoms with Crippen molar-refractivity contribution in [1.82, 2.24) is 0 Å². The summed E-state index contributed by atoms with van der Waals surface area (Å²) in [4.78, 5) is 0. The van der Waals surface area contributed by atoms with E-state index in [0.29, 0.717) is 11.5 Å². The number of rotatable bonds is 2. The summed E-state index contributed by atoms with van der Waals surface area (Å²) >= 11 is 3.48. The number of ether oxygens (including phenoxy) is 1. The Labute approximate surface area is 119 Å². The molecule has 0 N–H and O–H groups in total. The first-order valence-electron chi connectivity index (χ1n) is 6.87. The summed E-state index contributed by atoms with van der Waals surface area (Å²) in [5, 5.41) is 0. The van der Waals surface area contributed by atoms with Gasteiger partial charge in [0.2, 0.25) is 0 Å². The molecule has 1 aliphatic rings. The van der Waals surface area contributed by atoms with Crippen LogP contribution in [0.15, 0.2) is 28.7 Å². The van der Waals surface area contributed by atoms with Crippen LogP contribution in [-0.2, 0) is 0 Å². The lowest BCUT2D eigenvalue weighted by Gasteiger charge is -2.36. The molecule has 2 rings (SSSR count). The van der Waals surface area contributed by atoms with Crippen molar-refractivity contribution in [1.29, 1.82) is 0 Å². The smallest absolute Gasteiger partial charge is 0.120 e. The number of benzene rings is 1. The van der Waals surface area contributed by atoms with Gasteiger partial charge in [-0.15, -0.1) is 0 Å². The monoisotopic (exact) mass is 310 g/mol. The molecule has 1 saturated carbocycles. The maximum Gasteiger partial charge on any atom is 0.120 e. The Morgan fingerprint density at radius 3 is 2.33 bits per heavy atom. The van der Waals surface area contributed by atoms with E-state index >= 15 is 0 Å². The van der Waals surface area contributed by atoms with Crippen molar-refractivity contribution in [3.8, 4) is 5.75 Å². The first kappa shape index (κ1) is 13.9. The Bertz CT molecular complexity index is 386. The van der Waals surface area contributed by atoms with Gasteiger partial charge in [0.05, 0.1) is 6.10 Å². The minimum absolute atomic E-state index is 0.401. The van der Waals surface area contributed by atoms with Crippen LogP contribution in [0.2, 0.25) is 0 Å². The molecule has 0 bridgehead atoms. The molecule has 0 amide bonds. The van der Waals surface area contributed by atoms with Crippen LogP contribution in [0.1, 0.15) is 46.5 Å². The number of hydrogen-bond acceptors (Lipinski definition) is 1. The van der Waals surface area contributed by atoms with Crippen molar-refractivity contribution >= 4 is 15.9 Å². The molecule has 0 aliphatic heterocycles. The fraction of sp³-hybridized carbons (Fsp3) is 0.625. The summed E-state index contributed by atoms with van der Waals surface area (Å²) < 4.78 is 7.15. The molecule has 18 heavy (non-hydrogen) atoms. The molecule has 0 atom stereocenters. The zero-order valence-electron chi connectivity index (χ0n) is 11.6. The second-order valence-corrected chi connectivity index (χ2v) is 7.33. The van der Waals surface area contributed by atoms with E-state index in [2.05, 4.69) is 42.8 Å². The zero-order chi connectivity index (χ0) is 13.2. The first-order chi connectivity index (χ1) is 8.45. The maximum atomic E-state index is 6.07. The minimum atomic E-state index is 0.401. The molecule has 0 radical (unpaired) electrons. The first-order valence-corrected chi connectivity index (χ1v) is 7.66. The van der Waals surface area contributed by atoms with Crippen LogP contribution in [-0.4, -0.2) is 6.10 Å². The Balaban J connectivity index is 1.87. The van der Waals surface area contributed by atoms with E-state index in [9.17, 15) is 0 Å². The summed E-state index contributed by atoms with van der Waals surface area (Å²) in [6.45, 7) is 7.06. The van der Waals surface area contributed by atoms with E-state index in [-0.39, 0.29) is 0 Å². The fourth-order valence-electron chi connectivity index (χ4n) is 2.78. The van der Waals surface area contributed by atoms with Crippen molar-refractivity contribution in [2.75, 3.05) is 0 Å². The molecule has 100 valence electrons. The maximum absolute atomic E-state index is 6.07. The molecular weight excluding hydrogens is 288 g/mol. The highest BCUT2D eigenvalue weighted by Crippen LogP contribution is 2.38. The molecule has 1 aromatic rings. The summed E-state index contributed by atoms with van der Waals surface area (Å²) in [6.07, 6.45) is 5.37. The largest absolute Gasteiger partial charge is 0.490 e. The van der Waals surface area contributed by atoms with Crippen LogP contribution in [0.5, 0.6) is 5.75 Å². The van der Waals surface area contributed by atoms with Crippen molar-refractivity contribution < 1.29 is 4.74 Å². The molecule has 0 aromatic heterocycles. The lowest BCUT2D eigenvalue weighted by Crippen LogP contribution is -2.30. The van der Waals surface area contributed by atoms with Gasteiger partial charge in [-0.2, -0.15) is 0 Å². The van der Waals surface area contributed by atoms with E-state index in [1.54, 1.807) is 0 Å². The predicted molar refractivity (Wildman–Crippen MR) is 80.0 cm³/mol. The number of halogens is 1. The Morgan fingerprint density at radius 1 is 1.11 bits per heavy atom. The van der Waals surface area contributed by atoms with Gasteiger partial charge in [-0.25, -0.2) is 0 Å². The van der Waals surface area contributed by atoms with E-state index in [4.69, 9.17) is 4.74 Å². The highest BCUT2D eigenvalue weighted by Gasteiger charge is 2.30. The van der Waals surface area contributed by atoms with Crippen molar-refractivity contribution in [3.05, 3.63) is 28.7 Å². The molecular formula is C16H23BrO. The van der Waals surface area contributed by atoms with Crippen LogP contribution in [0.4, 0.5) is 0 Å². The third kappa shape index (κ3) is 3.74. The van der Waals surface area contributed by atoms with E-state index in [0.717, 1.165) is 16.1 Å². The van der Waals surface area contributed by atoms with Gasteiger partial charge in [0, 0.05) is 4.47 Å². The van der Waals surface area contributed by atoms with Crippen molar-refractivity contribution in [2.24, 2.45) is 11.3 Å². The highest BCUT2D eigenvalue weighted by molar-refractivity contribution is 9.10. The lowest BCUT2D eigenvalue weighted by atomic mass is 9.72. The van der Waals surface area contributed by atoms with Gasteiger partial charge in [0.15, 0.2) is 0 Å². The van der Waals surface area contributed by atoms with Crippen LogP contribution >= 0.6 is 15.9 Å². The molecule has 1 fully saturated rings. The Kier molecular flexibility index (Phi) is 4.37. The molecule has 1 aromatic carbocycles. The van der Waals surface area contributed by atoms with Crippen molar-refractivity contribution in [3.63, 3.8) is 0 Å². The van der Waals surface area contributed by atoms with Crippen LogP contribution in [0.3, 0.4) is 0 Å². The topological polar surface area (TPSA) is 9.23 Å². The van der Waals surface area contributed by atoms with Gasteiger partial charge in [0.1, 0.15) is 5.75 Å². The SMILES string of the molecule is CC(C)(C)[C@H]1CC[C@H](Oc2cccc(Br)c2)CC1. The lowest BCUT2D eigenvalue weighted by molar-refractivity contribution is 0.0882. The second kappa shape index (κ2) is 5.64. The molecule has 0 spiro atoms. The summed E-state index contributed by atoms with van der Waals surface area (Å²) in [6, 6.07) is 8.15. The van der Waals surface area contributed by atoms with Gasteiger partial charge in [-0.3, -0.25) is 0 Å². The van der Waals surface area contributed by atoms with Crippen LogP contribution < -0.4 is 4.74 Å². The van der Waals surface area contributed by atoms with Gasteiger partial charge in [0.25, 0.3) is 0 Å².